The highest BCUT2D eigenvalue weighted by atomic mass is 32.1. The van der Waals surface area contributed by atoms with E-state index in [2.05, 4.69) is 10.6 Å². The van der Waals surface area contributed by atoms with Crippen molar-refractivity contribution in [3.05, 3.63) is 72.5 Å². The maximum absolute atomic E-state index is 12.4. The average molecular weight is 362 g/mol. The number of aromatic hydroxyl groups is 1. The van der Waals surface area contributed by atoms with Crippen LogP contribution in [0.15, 0.2) is 71.1 Å². The van der Waals surface area contributed by atoms with Crippen molar-refractivity contribution >= 4 is 50.7 Å². The molecule has 0 saturated heterocycles. The molecule has 0 saturated carbocycles. The van der Waals surface area contributed by atoms with Gasteiger partial charge in [-0.2, -0.15) is 0 Å². The number of carbonyl (C=O) groups is 1. The monoisotopic (exact) mass is 362 g/mol. The Bertz CT molecular complexity index is 1120. The second-order valence-electron chi connectivity index (χ2n) is 5.73. The molecule has 1 heterocycles. The van der Waals surface area contributed by atoms with E-state index in [4.69, 9.17) is 16.6 Å². The lowest BCUT2D eigenvalue weighted by atomic mass is 10.1. The quantitative estimate of drug-likeness (QED) is 0.460. The van der Waals surface area contributed by atoms with Crippen LogP contribution in [0.1, 0.15) is 10.6 Å². The van der Waals surface area contributed by atoms with Crippen molar-refractivity contribution in [3.63, 3.8) is 0 Å². The fourth-order valence-corrected chi connectivity index (χ4v) is 3.02. The van der Waals surface area contributed by atoms with E-state index in [-0.39, 0.29) is 16.6 Å². The fraction of sp³-hybridized carbons (Fsp3) is 0. The molecule has 26 heavy (non-hydrogen) atoms. The molecule has 5 nitrogen and oxygen atoms in total. The minimum absolute atomic E-state index is 0.145. The number of para-hydroxylation sites is 1. The van der Waals surface area contributed by atoms with Crippen LogP contribution in [-0.4, -0.2) is 16.1 Å². The number of thiocarbonyl (C=S) groups is 1. The molecular weight excluding hydrogens is 348 g/mol. The highest BCUT2D eigenvalue weighted by molar-refractivity contribution is 7.80. The Labute approximate surface area is 154 Å². The molecule has 6 heteroatoms. The summed E-state index contributed by atoms with van der Waals surface area (Å²) in [6.07, 6.45) is 0. The Morgan fingerprint density at radius 2 is 1.73 bits per heavy atom. The van der Waals surface area contributed by atoms with E-state index in [1.807, 2.05) is 36.4 Å². The van der Waals surface area contributed by atoms with Gasteiger partial charge in [0.1, 0.15) is 11.3 Å². The highest BCUT2D eigenvalue weighted by Gasteiger charge is 2.14. The largest absolute Gasteiger partial charge is 0.507 e. The lowest BCUT2D eigenvalue weighted by molar-refractivity contribution is 0.0953. The molecule has 0 bridgehead atoms. The number of benzene rings is 3. The molecule has 0 radical (unpaired) electrons. The highest BCUT2D eigenvalue weighted by Crippen LogP contribution is 2.29. The van der Waals surface area contributed by atoms with Crippen LogP contribution in [0.4, 0.5) is 5.69 Å². The summed E-state index contributed by atoms with van der Waals surface area (Å²) in [7, 11) is 0. The summed E-state index contributed by atoms with van der Waals surface area (Å²) in [4.78, 5) is 12.4. The van der Waals surface area contributed by atoms with Gasteiger partial charge in [0.05, 0.1) is 0 Å². The summed E-state index contributed by atoms with van der Waals surface area (Å²) >= 11 is 5.24. The van der Waals surface area contributed by atoms with Gasteiger partial charge in [0.25, 0.3) is 5.91 Å². The van der Waals surface area contributed by atoms with E-state index in [0.29, 0.717) is 16.7 Å². The Hall–Kier alpha value is -3.38. The number of hydrogen-bond donors (Lipinski definition) is 3. The van der Waals surface area contributed by atoms with E-state index >= 15 is 0 Å². The van der Waals surface area contributed by atoms with Crippen molar-refractivity contribution in [2.24, 2.45) is 0 Å². The molecular formula is C20H14N2O3S. The van der Waals surface area contributed by atoms with Crippen LogP contribution in [0.2, 0.25) is 0 Å². The lowest BCUT2D eigenvalue weighted by Crippen LogP contribution is -2.33. The van der Waals surface area contributed by atoms with Crippen molar-refractivity contribution in [3.8, 4) is 5.75 Å². The third-order valence-corrected chi connectivity index (χ3v) is 4.23. The van der Waals surface area contributed by atoms with Gasteiger partial charge in [0, 0.05) is 21.8 Å². The first kappa shape index (κ1) is 16.1. The molecule has 4 aromatic rings. The zero-order valence-electron chi connectivity index (χ0n) is 13.5. The Morgan fingerprint density at radius 3 is 2.58 bits per heavy atom. The predicted molar refractivity (Wildman–Crippen MR) is 106 cm³/mol. The van der Waals surface area contributed by atoms with Crippen molar-refractivity contribution < 1.29 is 14.3 Å². The summed E-state index contributed by atoms with van der Waals surface area (Å²) in [6, 6.07) is 19.7. The molecule has 0 fully saturated rings. The number of rotatable bonds is 2. The van der Waals surface area contributed by atoms with Crippen LogP contribution in [0, 0.1) is 0 Å². The lowest BCUT2D eigenvalue weighted by Gasteiger charge is -2.11. The van der Waals surface area contributed by atoms with Gasteiger partial charge in [-0.1, -0.05) is 42.5 Å². The molecule has 0 unspecified atom stereocenters. The SMILES string of the molecule is O=C(NC(=S)Nc1cccc2c(O)cccc12)c1cc2ccccc2o1. The molecule has 128 valence electrons. The predicted octanol–water partition coefficient (Wildman–Crippen LogP) is 4.42. The van der Waals surface area contributed by atoms with Crippen LogP contribution in [-0.2, 0) is 0 Å². The molecule has 4 rings (SSSR count). The van der Waals surface area contributed by atoms with Crippen LogP contribution in [0.25, 0.3) is 21.7 Å². The minimum atomic E-state index is -0.429. The van der Waals surface area contributed by atoms with Crippen LogP contribution < -0.4 is 10.6 Å². The molecule has 3 N–H and O–H groups in total. The van der Waals surface area contributed by atoms with E-state index in [0.717, 1.165) is 10.8 Å². The van der Waals surface area contributed by atoms with Crippen molar-refractivity contribution in [2.75, 3.05) is 5.32 Å². The maximum Gasteiger partial charge on any atom is 0.293 e. The van der Waals surface area contributed by atoms with Gasteiger partial charge in [-0.05, 0) is 36.5 Å². The fourth-order valence-electron chi connectivity index (χ4n) is 2.81. The first-order valence-corrected chi connectivity index (χ1v) is 8.34. The normalized spacial score (nSPS) is 10.8. The number of fused-ring (bicyclic) bond motifs is 2. The molecule has 0 spiro atoms. The van der Waals surface area contributed by atoms with Gasteiger partial charge in [0.2, 0.25) is 0 Å². The van der Waals surface area contributed by atoms with Crippen LogP contribution in [0.3, 0.4) is 0 Å². The molecule has 1 aromatic heterocycles. The molecule has 0 aliphatic heterocycles. The number of nitrogens with one attached hydrogen (secondary N) is 2. The summed E-state index contributed by atoms with van der Waals surface area (Å²) in [5.41, 5.74) is 1.33. The number of phenolic OH excluding ortho intramolecular Hbond substituents is 1. The first-order valence-electron chi connectivity index (χ1n) is 7.93. The van der Waals surface area contributed by atoms with Crippen molar-refractivity contribution in [2.45, 2.75) is 0 Å². The summed E-state index contributed by atoms with van der Waals surface area (Å²) < 4.78 is 5.53. The third kappa shape index (κ3) is 2.98. The van der Waals surface area contributed by atoms with E-state index in [1.165, 1.54) is 0 Å². The number of phenols is 1. The first-order chi connectivity index (χ1) is 12.6. The van der Waals surface area contributed by atoms with Crippen molar-refractivity contribution in [1.29, 1.82) is 0 Å². The van der Waals surface area contributed by atoms with Gasteiger partial charge in [-0.3, -0.25) is 10.1 Å². The molecule has 0 atom stereocenters. The van der Waals surface area contributed by atoms with Gasteiger partial charge in [0.15, 0.2) is 10.9 Å². The number of amides is 1. The molecule has 3 aromatic carbocycles. The van der Waals surface area contributed by atoms with Crippen LogP contribution >= 0.6 is 12.2 Å². The topological polar surface area (TPSA) is 74.5 Å². The minimum Gasteiger partial charge on any atom is -0.507 e. The van der Waals surface area contributed by atoms with Gasteiger partial charge >= 0.3 is 0 Å². The van der Waals surface area contributed by atoms with Gasteiger partial charge in [-0.25, -0.2) is 0 Å². The second-order valence-corrected chi connectivity index (χ2v) is 6.14. The zero-order chi connectivity index (χ0) is 18.1. The molecule has 0 aliphatic carbocycles. The van der Waals surface area contributed by atoms with E-state index in [1.54, 1.807) is 30.3 Å². The number of hydrogen-bond acceptors (Lipinski definition) is 4. The summed E-state index contributed by atoms with van der Waals surface area (Å²) in [5.74, 6) is -0.0592. The Balaban J connectivity index is 1.54. The smallest absolute Gasteiger partial charge is 0.293 e. The number of furan rings is 1. The van der Waals surface area contributed by atoms with Crippen molar-refractivity contribution in [1.82, 2.24) is 5.32 Å². The summed E-state index contributed by atoms with van der Waals surface area (Å²) in [5, 5.41) is 18.0. The van der Waals surface area contributed by atoms with E-state index < -0.39 is 5.91 Å². The Kier molecular flexibility index (Phi) is 4.02. The second kappa shape index (κ2) is 6.50. The number of carbonyl (C=O) groups excluding carboxylic acids is 1. The molecule has 1 amide bonds. The number of anilines is 1. The van der Waals surface area contributed by atoms with Gasteiger partial charge < -0.3 is 14.8 Å². The third-order valence-electron chi connectivity index (χ3n) is 4.02. The maximum atomic E-state index is 12.4. The zero-order valence-corrected chi connectivity index (χ0v) is 14.3. The standard InChI is InChI=1S/C20H14N2O3S/c23-16-9-4-6-13-14(16)7-3-8-15(13)21-20(26)22-19(24)18-11-12-5-1-2-10-17(12)25-18/h1-11,23H,(H2,21,22,24,26). The van der Waals surface area contributed by atoms with E-state index in [9.17, 15) is 9.90 Å². The average Bonchev–Trinajstić information content (AvgIpc) is 3.07. The molecule has 0 aliphatic rings. The Morgan fingerprint density at radius 1 is 0.962 bits per heavy atom. The van der Waals surface area contributed by atoms with Crippen LogP contribution in [0.5, 0.6) is 5.75 Å². The summed E-state index contributed by atoms with van der Waals surface area (Å²) in [6.45, 7) is 0. The van der Waals surface area contributed by atoms with Gasteiger partial charge in [-0.15, -0.1) is 0 Å².